The molecule has 0 atom stereocenters. The molecule has 0 spiro atoms. The molecule has 0 saturated carbocycles. The third-order valence-corrected chi connectivity index (χ3v) is 3.04. The van der Waals surface area contributed by atoms with Crippen LogP contribution in [0.25, 0.3) is 0 Å². The van der Waals surface area contributed by atoms with Crippen LogP contribution in [0.5, 0.6) is 11.5 Å². The molecule has 0 heterocycles. The van der Waals surface area contributed by atoms with Crippen LogP contribution in [0.4, 0.5) is 0 Å². The molecule has 0 radical (unpaired) electrons. The zero-order valence-corrected chi connectivity index (χ0v) is 11.4. The second-order valence-corrected chi connectivity index (χ2v) is 4.80. The van der Waals surface area contributed by atoms with E-state index in [0.717, 1.165) is 4.47 Å². The molecule has 0 aliphatic heterocycles. The first kappa shape index (κ1) is 12.9. The number of aromatic carboxylic acids is 1. The van der Waals surface area contributed by atoms with E-state index in [9.17, 15) is 4.79 Å². The van der Waals surface area contributed by atoms with Crippen LogP contribution in [0.1, 0.15) is 10.4 Å². The summed E-state index contributed by atoms with van der Waals surface area (Å²) in [5.41, 5.74) is 0.0912. The monoisotopic (exact) mass is 326 g/mol. The molecule has 0 aliphatic rings. The number of carboxylic acids is 1. The summed E-state index contributed by atoms with van der Waals surface area (Å²) in [6, 6.07) is 11.5. The van der Waals surface area contributed by atoms with Gasteiger partial charge in [0.05, 0.1) is 5.02 Å². The Balaban J connectivity index is 2.40. The molecule has 2 rings (SSSR count). The Morgan fingerprint density at radius 2 is 1.89 bits per heavy atom. The average Bonchev–Trinajstić information content (AvgIpc) is 2.34. The van der Waals surface area contributed by atoms with E-state index in [0.29, 0.717) is 10.8 Å². The summed E-state index contributed by atoms with van der Waals surface area (Å²) in [7, 11) is 0. The number of carboxylic acid groups (broad SMARTS) is 1. The molecule has 18 heavy (non-hydrogen) atoms. The van der Waals surface area contributed by atoms with Crippen LogP contribution in [0.2, 0.25) is 5.02 Å². The van der Waals surface area contributed by atoms with E-state index in [1.54, 1.807) is 36.4 Å². The number of ether oxygens (including phenoxy) is 1. The maximum absolute atomic E-state index is 11.0. The molecule has 0 unspecified atom stereocenters. The van der Waals surface area contributed by atoms with Crippen molar-refractivity contribution in [2.24, 2.45) is 0 Å². The van der Waals surface area contributed by atoms with E-state index in [4.69, 9.17) is 21.4 Å². The Morgan fingerprint density at radius 1 is 1.17 bits per heavy atom. The fourth-order valence-corrected chi connectivity index (χ4v) is 1.90. The van der Waals surface area contributed by atoms with Gasteiger partial charge in [-0.15, -0.1) is 0 Å². The molecule has 5 heteroatoms. The van der Waals surface area contributed by atoms with E-state index in [1.807, 2.05) is 0 Å². The Morgan fingerprint density at radius 3 is 2.61 bits per heavy atom. The lowest BCUT2D eigenvalue weighted by Gasteiger charge is -2.10. The lowest BCUT2D eigenvalue weighted by molar-refractivity contribution is 0.0694. The Labute approximate surface area is 117 Å². The van der Waals surface area contributed by atoms with Crippen LogP contribution < -0.4 is 4.74 Å². The highest BCUT2D eigenvalue weighted by molar-refractivity contribution is 9.10. The first-order chi connectivity index (χ1) is 8.58. The molecule has 1 N–H and O–H groups in total. The summed E-state index contributed by atoms with van der Waals surface area (Å²) in [5, 5.41) is 9.46. The molecule has 0 fully saturated rings. The minimum atomic E-state index is -1.04. The van der Waals surface area contributed by atoms with Gasteiger partial charge in [-0.05, 0) is 30.3 Å². The minimum absolute atomic E-state index is 0.0912. The molecule has 2 aromatic carbocycles. The third kappa shape index (κ3) is 2.83. The Bertz CT molecular complexity index is 599. The standard InChI is InChI=1S/C13H8BrClO3/c14-8-5-6-10(15)12(7-8)18-11-4-2-1-3-9(11)13(16)17/h1-7H,(H,16,17). The highest BCUT2D eigenvalue weighted by Crippen LogP contribution is 2.33. The number of carbonyl (C=O) groups is 1. The van der Waals surface area contributed by atoms with E-state index in [1.165, 1.54) is 6.07 Å². The van der Waals surface area contributed by atoms with E-state index in [2.05, 4.69) is 15.9 Å². The molecule has 0 saturated heterocycles. The van der Waals surface area contributed by atoms with Crippen LogP contribution in [-0.2, 0) is 0 Å². The van der Waals surface area contributed by atoms with Crippen molar-refractivity contribution in [1.29, 1.82) is 0 Å². The van der Waals surface area contributed by atoms with Gasteiger partial charge in [-0.2, -0.15) is 0 Å². The molecule has 0 amide bonds. The van der Waals surface area contributed by atoms with Crippen LogP contribution >= 0.6 is 27.5 Å². The van der Waals surface area contributed by atoms with Gasteiger partial charge in [0, 0.05) is 4.47 Å². The second kappa shape index (κ2) is 5.42. The Kier molecular flexibility index (Phi) is 3.89. The maximum atomic E-state index is 11.0. The predicted octanol–water partition coefficient (Wildman–Crippen LogP) is 4.59. The van der Waals surface area contributed by atoms with Gasteiger partial charge in [0.25, 0.3) is 0 Å². The number of rotatable bonds is 3. The number of hydrogen-bond acceptors (Lipinski definition) is 2. The van der Waals surface area contributed by atoms with Crippen molar-refractivity contribution < 1.29 is 14.6 Å². The van der Waals surface area contributed by atoms with Crippen molar-refractivity contribution >= 4 is 33.5 Å². The molecule has 3 nitrogen and oxygen atoms in total. The second-order valence-electron chi connectivity index (χ2n) is 3.48. The predicted molar refractivity (Wildman–Crippen MR) is 72.6 cm³/mol. The lowest BCUT2D eigenvalue weighted by Crippen LogP contribution is -1.99. The molecule has 0 aromatic heterocycles. The van der Waals surface area contributed by atoms with Gasteiger partial charge in [-0.1, -0.05) is 39.7 Å². The topological polar surface area (TPSA) is 46.5 Å². The molecule has 2 aromatic rings. The van der Waals surface area contributed by atoms with E-state index in [-0.39, 0.29) is 11.3 Å². The Hall–Kier alpha value is -1.52. The molecule has 0 bridgehead atoms. The highest BCUT2D eigenvalue weighted by Gasteiger charge is 2.12. The van der Waals surface area contributed by atoms with Gasteiger partial charge in [-0.25, -0.2) is 4.79 Å². The van der Waals surface area contributed by atoms with Crippen molar-refractivity contribution in [2.45, 2.75) is 0 Å². The summed E-state index contributed by atoms with van der Waals surface area (Å²) in [5.74, 6) is -0.388. The van der Waals surface area contributed by atoms with Crippen LogP contribution in [0.15, 0.2) is 46.9 Å². The molecule has 92 valence electrons. The third-order valence-electron chi connectivity index (χ3n) is 2.23. The summed E-state index contributed by atoms with van der Waals surface area (Å²) in [6.07, 6.45) is 0. The molecular formula is C13H8BrClO3. The van der Waals surface area contributed by atoms with Crippen LogP contribution in [0.3, 0.4) is 0 Å². The van der Waals surface area contributed by atoms with Crippen LogP contribution in [0, 0.1) is 0 Å². The van der Waals surface area contributed by atoms with Crippen molar-refractivity contribution in [3.63, 3.8) is 0 Å². The SMILES string of the molecule is O=C(O)c1ccccc1Oc1cc(Br)ccc1Cl. The summed E-state index contributed by atoms with van der Waals surface area (Å²) < 4.78 is 6.34. The lowest BCUT2D eigenvalue weighted by atomic mass is 10.2. The maximum Gasteiger partial charge on any atom is 0.339 e. The number of para-hydroxylation sites is 1. The van der Waals surface area contributed by atoms with Crippen molar-refractivity contribution in [3.05, 3.63) is 57.5 Å². The number of hydrogen-bond donors (Lipinski definition) is 1. The van der Waals surface area contributed by atoms with Gasteiger partial charge in [0.1, 0.15) is 17.1 Å². The minimum Gasteiger partial charge on any atom is -0.478 e. The van der Waals surface area contributed by atoms with Gasteiger partial charge in [-0.3, -0.25) is 0 Å². The van der Waals surface area contributed by atoms with E-state index >= 15 is 0 Å². The van der Waals surface area contributed by atoms with Crippen molar-refractivity contribution in [2.75, 3.05) is 0 Å². The van der Waals surface area contributed by atoms with E-state index < -0.39 is 5.97 Å². The summed E-state index contributed by atoms with van der Waals surface area (Å²) in [6.45, 7) is 0. The first-order valence-electron chi connectivity index (χ1n) is 5.03. The molecular weight excluding hydrogens is 319 g/mol. The quantitative estimate of drug-likeness (QED) is 0.896. The smallest absolute Gasteiger partial charge is 0.339 e. The largest absolute Gasteiger partial charge is 0.478 e. The summed E-state index contributed by atoms with van der Waals surface area (Å²) in [4.78, 5) is 11.0. The summed E-state index contributed by atoms with van der Waals surface area (Å²) >= 11 is 9.29. The van der Waals surface area contributed by atoms with Gasteiger partial charge < -0.3 is 9.84 Å². The number of benzene rings is 2. The van der Waals surface area contributed by atoms with Gasteiger partial charge in [0.2, 0.25) is 0 Å². The fourth-order valence-electron chi connectivity index (χ4n) is 1.41. The average molecular weight is 328 g/mol. The normalized spacial score (nSPS) is 10.1. The highest BCUT2D eigenvalue weighted by atomic mass is 79.9. The van der Waals surface area contributed by atoms with Crippen molar-refractivity contribution in [1.82, 2.24) is 0 Å². The van der Waals surface area contributed by atoms with Crippen LogP contribution in [-0.4, -0.2) is 11.1 Å². The van der Waals surface area contributed by atoms with Crippen molar-refractivity contribution in [3.8, 4) is 11.5 Å². The van der Waals surface area contributed by atoms with Gasteiger partial charge >= 0.3 is 5.97 Å². The first-order valence-corrected chi connectivity index (χ1v) is 6.20. The zero-order chi connectivity index (χ0) is 13.1. The fraction of sp³-hybridized carbons (Fsp3) is 0. The zero-order valence-electron chi connectivity index (χ0n) is 9.06. The number of halogens is 2. The molecule has 0 aliphatic carbocycles. The van der Waals surface area contributed by atoms with Gasteiger partial charge in [0.15, 0.2) is 0 Å².